The number of hydrogen-bond donors (Lipinski definition) is 2. The first-order valence-corrected chi connectivity index (χ1v) is 10.1. The molecule has 1 aliphatic heterocycles. The second kappa shape index (κ2) is 7.88. The number of amides is 1. The van der Waals surface area contributed by atoms with Gasteiger partial charge >= 0.3 is 0 Å². The van der Waals surface area contributed by atoms with E-state index in [0.29, 0.717) is 5.69 Å². The molecule has 0 radical (unpaired) electrons. The molecule has 6 nitrogen and oxygen atoms in total. The average Bonchev–Trinajstić information content (AvgIpc) is 3.15. The SMILES string of the molecule is CC(=O)Nc1ccc(S(=O)(=O)NCc2ccc(N3CCCC3)cc2)cc1. The van der Waals surface area contributed by atoms with Crippen molar-refractivity contribution in [2.24, 2.45) is 0 Å². The lowest BCUT2D eigenvalue weighted by atomic mass is 10.2. The van der Waals surface area contributed by atoms with Gasteiger partial charge in [0.25, 0.3) is 0 Å². The van der Waals surface area contributed by atoms with Gasteiger partial charge in [-0.2, -0.15) is 0 Å². The van der Waals surface area contributed by atoms with E-state index in [1.807, 2.05) is 24.3 Å². The summed E-state index contributed by atoms with van der Waals surface area (Å²) in [5.41, 5.74) is 2.66. The summed E-state index contributed by atoms with van der Waals surface area (Å²) < 4.78 is 27.4. The molecule has 0 aliphatic carbocycles. The van der Waals surface area contributed by atoms with Crippen LogP contribution in [0.5, 0.6) is 0 Å². The maximum absolute atomic E-state index is 12.4. The molecular weight excluding hydrogens is 350 g/mol. The van der Waals surface area contributed by atoms with Crippen molar-refractivity contribution in [3.05, 3.63) is 54.1 Å². The molecule has 0 atom stereocenters. The number of carbonyl (C=O) groups excluding carboxylic acids is 1. The van der Waals surface area contributed by atoms with E-state index < -0.39 is 10.0 Å². The maximum atomic E-state index is 12.4. The number of benzene rings is 2. The number of sulfonamides is 1. The van der Waals surface area contributed by atoms with Gasteiger partial charge in [-0.25, -0.2) is 13.1 Å². The van der Waals surface area contributed by atoms with E-state index >= 15 is 0 Å². The molecule has 0 bridgehead atoms. The molecule has 2 N–H and O–H groups in total. The quantitative estimate of drug-likeness (QED) is 0.816. The van der Waals surface area contributed by atoms with Crippen LogP contribution in [0.25, 0.3) is 0 Å². The second-order valence-corrected chi connectivity index (χ2v) is 8.16. The molecule has 26 heavy (non-hydrogen) atoms. The summed E-state index contributed by atoms with van der Waals surface area (Å²) in [6.07, 6.45) is 2.45. The van der Waals surface area contributed by atoms with Gasteiger partial charge in [0.05, 0.1) is 4.90 Å². The summed E-state index contributed by atoms with van der Waals surface area (Å²) in [5, 5.41) is 2.61. The van der Waals surface area contributed by atoms with Gasteiger partial charge in [0, 0.05) is 37.9 Å². The van der Waals surface area contributed by atoms with Gasteiger partial charge in [-0.1, -0.05) is 12.1 Å². The van der Waals surface area contributed by atoms with E-state index in [2.05, 4.69) is 14.9 Å². The van der Waals surface area contributed by atoms with Crippen molar-refractivity contribution in [2.45, 2.75) is 31.2 Å². The van der Waals surface area contributed by atoms with Crippen LogP contribution in [0.15, 0.2) is 53.4 Å². The topological polar surface area (TPSA) is 78.5 Å². The smallest absolute Gasteiger partial charge is 0.240 e. The summed E-state index contributed by atoms with van der Waals surface area (Å²) in [6, 6.07) is 14.1. The van der Waals surface area contributed by atoms with Crippen molar-refractivity contribution < 1.29 is 13.2 Å². The third-order valence-electron chi connectivity index (χ3n) is 4.36. The van der Waals surface area contributed by atoms with Crippen molar-refractivity contribution in [3.8, 4) is 0 Å². The Bertz CT molecular complexity index is 856. The molecule has 1 saturated heterocycles. The highest BCUT2D eigenvalue weighted by atomic mass is 32.2. The largest absolute Gasteiger partial charge is 0.372 e. The maximum Gasteiger partial charge on any atom is 0.240 e. The van der Waals surface area contributed by atoms with Crippen LogP contribution in [0.1, 0.15) is 25.3 Å². The summed E-state index contributed by atoms with van der Waals surface area (Å²) >= 11 is 0. The number of rotatable bonds is 6. The molecule has 0 saturated carbocycles. The highest BCUT2D eigenvalue weighted by Gasteiger charge is 2.15. The molecule has 0 aromatic heterocycles. The minimum absolute atomic E-state index is 0.167. The van der Waals surface area contributed by atoms with E-state index in [0.717, 1.165) is 18.7 Å². The molecule has 1 heterocycles. The Morgan fingerprint density at radius 2 is 1.62 bits per heavy atom. The molecule has 2 aromatic carbocycles. The Morgan fingerprint density at radius 3 is 2.19 bits per heavy atom. The molecular formula is C19H23N3O3S. The van der Waals surface area contributed by atoms with Gasteiger partial charge in [0.15, 0.2) is 0 Å². The fourth-order valence-corrected chi connectivity index (χ4v) is 4.00. The van der Waals surface area contributed by atoms with Crippen molar-refractivity contribution >= 4 is 27.3 Å². The second-order valence-electron chi connectivity index (χ2n) is 6.39. The molecule has 0 unspecified atom stereocenters. The van der Waals surface area contributed by atoms with E-state index in [1.54, 1.807) is 12.1 Å². The monoisotopic (exact) mass is 373 g/mol. The highest BCUT2D eigenvalue weighted by Crippen LogP contribution is 2.21. The molecule has 7 heteroatoms. The van der Waals surface area contributed by atoms with Gasteiger partial charge in [-0.15, -0.1) is 0 Å². The minimum Gasteiger partial charge on any atom is -0.372 e. The number of nitrogens with one attached hydrogen (secondary N) is 2. The normalized spacial score (nSPS) is 14.4. The van der Waals surface area contributed by atoms with Crippen LogP contribution < -0.4 is 14.9 Å². The standard InChI is InChI=1S/C19H23N3O3S/c1-15(23)21-17-6-10-19(11-7-17)26(24,25)20-14-16-4-8-18(9-5-16)22-12-2-3-13-22/h4-11,20H,2-3,12-14H2,1H3,(H,21,23). The predicted molar refractivity (Wildman–Crippen MR) is 103 cm³/mol. The Hall–Kier alpha value is -2.38. The van der Waals surface area contributed by atoms with E-state index in [4.69, 9.17) is 0 Å². The van der Waals surface area contributed by atoms with Gasteiger partial charge in [-0.3, -0.25) is 4.79 Å². The van der Waals surface area contributed by atoms with Crippen molar-refractivity contribution in [1.29, 1.82) is 0 Å². The zero-order valence-corrected chi connectivity index (χ0v) is 15.6. The van der Waals surface area contributed by atoms with Crippen LogP contribution in [0.3, 0.4) is 0 Å². The van der Waals surface area contributed by atoms with Gasteiger partial charge in [0.2, 0.25) is 15.9 Å². The van der Waals surface area contributed by atoms with Gasteiger partial charge in [-0.05, 0) is 54.8 Å². The third-order valence-corrected chi connectivity index (χ3v) is 5.78. The summed E-state index contributed by atoms with van der Waals surface area (Å²) in [7, 11) is -3.60. The minimum atomic E-state index is -3.60. The molecule has 2 aromatic rings. The van der Waals surface area contributed by atoms with Crippen LogP contribution in [0.2, 0.25) is 0 Å². The van der Waals surface area contributed by atoms with Crippen LogP contribution in [0.4, 0.5) is 11.4 Å². The van der Waals surface area contributed by atoms with E-state index in [9.17, 15) is 13.2 Å². The lowest BCUT2D eigenvalue weighted by Gasteiger charge is -2.17. The van der Waals surface area contributed by atoms with Crippen LogP contribution in [-0.2, 0) is 21.4 Å². The lowest BCUT2D eigenvalue weighted by molar-refractivity contribution is -0.114. The van der Waals surface area contributed by atoms with Gasteiger partial charge < -0.3 is 10.2 Å². The van der Waals surface area contributed by atoms with Crippen LogP contribution >= 0.6 is 0 Å². The van der Waals surface area contributed by atoms with Crippen LogP contribution in [-0.4, -0.2) is 27.4 Å². The Kier molecular flexibility index (Phi) is 5.58. The predicted octanol–water partition coefficient (Wildman–Crippen LogP) is 2.72. The van der Waals surface area contributed by atoms with E-state index in [1.165, 1.54) is 37.6 Å². The molecule has 1 fully saturated rings. The molecule has 1 aliphatic rings. The number of carbonyl (C=O) groups is 1. The van der Waals surface area contributed by atoms with Crippen molar-refractivity contribution in [3.63, 3.8) is 0 Å². The molecule has 3 rings (SSSR count). The van der Waals surface area contributed by atoms with E-state index in [-0.39, 0.29) is 17.3 Å². The fourth-order valence-electron chi connectivity index (χ4n) is 2.98. The van der Waals surface area contributed by atoms with Crippen molar-refractivity contribution in [2.75, 3.05) is 23.3 Å². The molecule has 138 valence electrons. The van der Waals surface area contributed by atoms with Crippen molar-refractivity contribution in [1.82, 2.24) is 4.72 Å². The summed E-state index contributed by atoms with van der Waals surface area (Å²) in [4.78, 5) is 13.5. The zero-order valence-electron chi connectivity index (χ0n) is 14.7. The number of nitrogens with zero attached hydrogens (tertiary/aromatic N) is 1. The summed E-state index contributed by atoms with van der Waals surface area (Å²) in [5.74, 6) is -0.198. The first-order chi connectivity index (χ1) is 12.4. The highest BCUT2D eigenvalue weighted by molar-refractivity contribution is 7.89. The molecule has 0 spiro atoms. The van der Waals surface area contributed by atoms with Gasteiger partial charge in [0.1, 0.15) is 0 Å². The third kappa shape index (κ3) is 4.62. The Balaban J connectivity index is 1.61. The fraction of sp³-hybridized carbons (Fsp3) is 0.316. The Labute approximate surface area is 154 Å². The number of anilines is 2. The average molecular weight is 373 g/mol. The van der Waals surface area contributed by atoms with Crippen LogP contribution in [0, 0.1) is 0 Å². The summed E-state index contributed by atoms with van der Waals surface area (Å²) in [6.45, 7) is 3.80. The Morgan fingerprint density at radius 1 is 1.00 bits per heavy atom. The zero-order chi connectivity index (χ0) is 18.6. The number of hydrogen-bond acceptors (Lipinski definition) is 4. The first-order valence-electron chi connectivity index (χ1n) is 8.65. The molecule has 1 amide bonds. The lowest BCUT2D eigenvalue weighted by Crippen LogP contribution is -2.23. The first kappa shape index (κ1) is 18.4.